The summed E-state index contributed by atoms with van der Waals surface area (Å²) >= 11 is 0. The summed E-state index contributed by atoms with van der Waals surface area (Å²) in [4.78, 5) is 10.5. The van der Waals surface area contributed by atoms with Crippen LogP contribution in [0.5, 0.6) is 0 Å². The van der Waals surface area contributed by atoms with Crippen LogP contribution in [0.2, 0.25) is 0 Å². The smallest absolute Gasteiger partial charge is 0.311 e. The van der Waals surface area contributed by atoms with Crippen LogP contribution in [0, 0.1) is 5.41 Å². The van der Waals surface area contributed by atoms with Gasteiger partial charge in [-0.05, 0) is 0 Å². The average molecular weight is 145 g/mol. The first-order valence-corrected chi connectivity index (χ1v) is 2.82. The second-order valence-corrected chi connectivity index (χ2v) is 1.79. The molecule has 0 aromatic carbocycles. The first kappa shape index (κ1) is 9.10. The molecule has 0 amide bonds. The lowest BCUT2D eigenvalue weighted by atomic mass is 10.3. The summed E-state index contributed by atoms with van der Waals surface area (Å²) in [5.41, 5.74) is 0.231. The maximum absolute atomic E-state index is 10.5. The van der Waals surface area contributed by atoms with Gasteiger partial charge in [-0.3, -0.25) is 4.79 Å². The molecule has 0 aliphatic heterocycles. The van der Waals surface area contributed by atoms with Crippen LogP contribution in [0.25, 0.3) is 0 Å². The Kier molecular flexibility index (Phi) is 4.49. The third-order valence-corrected chi connectivity index (χ3v) is 0.904. The van der Waals surface area contributed by atoms with Gasteiger partial charge in [0, 0.05) is 12.8 Å². The van der Waals surface area contributed by atoms with Gasteiger partial charge in [0.05, 0.1) is 20.1 Å². The second kappa shape index (κ2) is 4.93. The van der Waals surface area contributed by atoms with E-state index in [1.165, 1.54) is 14.2 Å². The molecule has 0 heterocycles. The highest BCUT2D eigenvalue weighted by molar-refractivity contribution is 5.97. The number of methoxy groups -OCH3 is 2. The molecule has 0 spiro atoms. The Hall–Kier alpha value is -0.900. The minimum Gasteiger partial charge on any atom is -0.469 e. The average Bonchev–Trinajstić information content (AvgIpc) is 1.88. The van der Waals surface area contributed by atoms with Crippen LogP contribution in [0.1, 0.15) is 6.42 Å². The highest BCUT2D eigenvalue weighted by Gasteiger charge is 2.03. The largest absolute Gasteiger partial charge is 0.469 e. The van der Waals surface area contributed by atoms with Crippen molar-refractivity contribution in [3.63, 3.8) is 0 Å². The third kappa shape index (κ3) is 4.03. The summed E-state index contributed by atoms with van der Waals surface area (Å²) < 4.78 is 8.95. The molecular weight excluding hydrogens is 134 g/mol. The van der Waals surface area contributed by atoms with Crippen molar-refractivity contribution in [3.05, 3.63) is 0 Å². The van der Waals surface area contributed by atoms with E-state index in [9.17, 15) is 4.79 Å². The molecule has 0 saturated heterocycles. The van der Waals surface area contributed by atoms with Crippen molar-refractivity contribution in [1.29, 1.82) is 5.41 Å². The van der Waals surface area contributed by atoms with Crippen LogP contribution in [0.3, 0.4) is 0 Å². The number of ether oxygens (including phenoxy) is 2. The number of esters is 1. The maximum atomic E-state index is 10.5. The van der Waals surface area contributed by atoms with Crippen molar-refractivity contribution in [2.24, 2.45) is 0 Å². The summed E-state index contributed by atoms with van der Waals surface area (Å²) in [6, 6.07) is 0. The summed E-state index contributed by atoms with van der Waals surface area (Å²) in [5, 5.41) is 7.10. The Balaban J connectivity index is 3.47. The quantitative estimate of drug-likeness (QED) is 0.454. The Bertz CT molecular complexity index is 133. The highest BCUT2D eigenvalue weighted by atomic mass is 16.5. The Morgan fingerprint density at radius 3 is 2.50 bits per heavy atom. The fraction of sp³-hybridized carbons (Fsp3) is 0.667. The van der Waals surface area contributed by atoms with E-state index < -0.39 is 5.97 Å². The normalized spacial score (nSPS) is 9.00. The van der Waals surface area contributed by atoms with Crippen molar-refractivity contribution < 1.29 is 14.3 Å². The van der Waals surface area contributed by atoms with Crippen LogP contribution < -0.4 is 0 Å². The van der Waals surface area contributed by atoms with Gasteiger partial charge in [-0.1, -0.05) is 0 Å². The van der Waals surface area contributed by atoms with Crippen molar-refractivity contribution in [1.82, 2.24) is 0 Å². The fourth-order valence-electron chi connectivity index (χ4n) is 0.472. The van der Waals surface area contributed by atoms with E-state index in [1.807, 2.05) is 0 Å². The topological polar surface area (TPSA) is 59.4 Å². The van der Waals surface area contributed by atoms with Gasteiger partial charge in [-0.2, -0.15) is 0 Å². The lowest BCUT2D eigenvalue weighted by Gasteiger charge is -1.99. The van der Waals surface area contributed by atoms with Crippen molar-refractivity contribution in [2.45, 2.75) is 6.42 Å². The van der Waals surface area contributed by atoms with E-state index in [4.69, 9.17) is 5.41 Å². The number of carbonyl (C=O) groups is 1. The summed E-state index contributed by atoms with van der Waals surface area (Å²) in [6.07, 6.45) is 0.0182. The summed E-state index contributed by atoms with van der Waals surface area (Å²) in [6.45, 7) is 0.190. The van der Waals surface area contributed by atoms with Crippen molar-refractivity contribution in [3.8, 4) is 0 Å². The molecule has 0 saturated carbocycles. The maximum Gasteiger partial charge on any atom is 0.311 e. The van der Waals surface area contributed by atoms with Gasteiger partial charge in [-0.25, -0.2) is 0 Å². The second-order valence-electron chi connectivity index (χ2n) is 1.79. The SMILES string of the molecule is COCC(=N)CC(=O)OC. The molecule has 0 unspecified atom stereocenters. The first-order valence-electron chi connectivity index (χ1n) is 2.82. The number of carbonyl (C=O) groups excluding carboxylic acids is 1. The molecule has 0 rings (SSSR count). The standard InChI is InChI=1S/C6H11NO3/c1-9-4-5(7)3-6(8)10-2/h7H,3-4H2,1-2H3. The van der Waals surface area contributed by atoms with Gasteiger partial charge >= 0.3 is 5.97 Å². The van der Waals surface area contributed by atoms with Gasteiger partial charge in [-0.15, -0.1) is 0 Å². The molecule has 0 atom stereocenters. The van der Waals surface area contributed by atoms with E-state index in [-0.39, 0.29) is 18.7 Å². The molecular formula is C6H11NO3. The van der Waals surface area contributed by atoms with E-state index in [1.54, 1.807) is 0 Å². The predicted octanol–water partition coefficient (Wildman–Crippen LogP) is 0.216. The zero-order valence-electron chi connectivity index (χ0n) is 6.14. The van der Waals surface area contributed by atoms with E-state index in [0.29, 0.717) is 0 Å². The highest BCUT2D eigenvalue weighted by Crippen LogP contribution is 1.87. The predicted molar refractivity (Wildman–Crippen MR) is 36.2 cm³/mol. The molecule has 0 aliphatic carbocycles. The van der Waals surface area contributed by atoms with Gasteiger partial charge < -0.3 is 14.9 Å². The zero-order valence-corrected chi connectivity index (χ0v) is 6.14. The molecule has 0 aliphatic rings. The molecule has 4 heteroatoms. The molecule has 1 N–H and O–H groups in total. The fourth-order valence-corrected chi connectivity index (χ4v) is 0.472. The number of nitrogens with one attached hydrogen (secondary N) is 1. The Morgan fingerprint density at radius 2 is 2.10 bits per heavy atom. The summed E-state index contributed by atoms with van der Waals surface area (Å²) in [7, 11) is 2.77. The zero-order chi connectivity index (χ0) is 7.98. The molecule has 0 bridgehead atoms. The van der Waals surface area contributed by atoms with E-state index >= 15 is 0 Å². The Labute approximate surface area is 59.6 Å². The Morgan fingerprint density at radius 1 is 1.50 bits per heavy atom. The molecule has 0 aromatic rings. The summed E-state index contributed by atoms with van der Waals surface area (Å²) in [5.74, 6) is -0.401. The first-order chi connectivity index (χ1) is 4.70. The van der Waals surface area contributed by atoms with Crippen LogP contribution in [-0.4, -0.2) is 32.5 Å². The van der Waals surface area contributed by atoms with Crippen molar-refractivity contribution in [2.75, 3.05) is 20.8 Å². The van der Waals surface area contributed by atoms with Crippen LogP contribution in [0.4, 0.5) is 0 Å². The lowest BCUT2D eigenvalue weighted by molar-refractivity contribution is -0.139. The molecule has 0 radical (unpaired) electrons. The van der Waals surface area contributed by atoms with Gasteiger partial charge in [0.15, 0.2) is 0 Å². The number of rotatable bonds is 4. The number of hydrogen-bond donors (Lipinski definition) is 1. The van der Waals surface area contributed by atoms with Crippen LogP contribution >= 0.6 is 0 Å². The van der Waals surface area contributed by atoms with Gasteiger partial charge in [0.25, 0.3) is 0 Å². The molecule has 10 heavy (non-hydrogen) atoms. The van der Waals surface area contributed by atoms with Crippen molar-refractivity contribution >= 4 is 11.7 Å². The van der Waals surface area contributed by atoms with E-state index in [0.717, 1.165) is 0 Å². The molecule has 4 nitrogen and oxygen atoms in total. The minimum absolute atomic E-state index is 0.0182. The van der Waals surface area contributed by atoms with Crippen LogP contribution in [-0.2, 0) is 14.3 Å². The minimum atomic E-state index is -0.401. The van der Waals surface area contributed by atoms with Crippen LogP contribution in [0.15, 0.2) is 0 Å². The van der Waals surface area contributed by atoms with Gasteiger partial charge in [0.2, 0.25) is 0 Å². The number of hydrogen-bond acceptors (Lipinski definition) is 4. The monoisotopic (exact) mass is 145 g/mol. The molecule has 0 aromatic heterocycles. The molecule has 0 fully saturated rings. The molecule has 58 valence electrons. The van der Waals surface area contributed by atoms with E-state index in [2.05, 4.69) is 9.47 Å². The van der Waals surface area contributed by atoms with Gasteiger partial charge in [0.1, 0.15) is 0 Å². The lowest BCUT2D eigenvalue weighted by Crippen LogP contribution is -2.12. The third-order valence-electron chi connectivity index (χ3n) is 0.904.